The van der Waals surface area contributed by atoms with Crippen LogP contribution >= 0.6 is 17.7 Å². The summed E-state index contributed by atoms with van der Waals surface area (Å²) in [6.45, 7) is -2.66. The van der Waals surface area contributed by atoms with E-state index in [1.165, 1.54) is 5.69 Å². The second-order valence-corrected chi connectivity index (χ2v) is 10.4. The van der Waals surface area contributed by atoms with Crippen molar-refractivity contribution < 1.29 is 4.57 Å². The van der Waals surface area contributed by atoms with Crippen molar-refractivity contribution >= 4 is 23.4 Å². The molecular formula is C22H25ClNOP. The maximum atomic E-state index is 12.3. The monoisotopic (exact) mass is 385 g/mol. The Morgan fingerprint density at radius 1 is 0.692 bits per heavy atom. The van der Waals surface area contributed by atoms with Crippen LogP contribution in [0.5, 0.6) is 0 Å². The van der Waals surface area contributed by atoms with Crippen LogP contribution in [-0.4, -0.2) is 14.1 Å². The SMILES string of the molecule is CN(C)c1ccccc1.O=P(Cl)(Cc1ccccc1)Cc1ccccc1. The Bertz CT molecular complexity index is 762. The standard InChI is InChI=1S/C14H14ClOP.C8H11N/c15-17(16,11-13-7-3-1-4-8-13)12-14-9-5-2-6-10-14;1-9(2)8-6-4-3-5-7-8/h1-10H,11-12H2;3-7H,1-2H3. The van der Waals surface area contributed by atoms with Gasteiger partial charge < -0.3 is 9.46 Å². The predicted octanol–water partition coefficient (Wildman–Crippen LogP) is 6.66. The van der Waals surface area contributed by atoms with E-state index in [4.69, 9.17) is 11.2 Å². The number of anilines is 1. The molecule has 0 heterocycles. The van der Waals surface area contributed by atoms with Crippen molar-refractivity contribution in [2.45, 2.75) is 12.3 Å². The van der Waals surface area contributed by atoms with Crippen molar-refractivity contribution in [1.29, 1.82) is 0 Å². The first-order valence-corrected chi connectivity index (χ1v) is 11.5. The minimum atomic E-state index is -2.66. The summed E-state index contributed by atoms with van der Waals surface area (Å²) in [6, 6.07) is 29.7. The average molecular weight is 386 g/mol. The highest BCUT2D eigenvalue weighted by Crippen LogP contribution is 2.56. The lowest BCUT2D eigenvalue weighted by Crippen LogP contribution is -2.07. The third-order valence-electron chi connectivity index (χ3n) is 3.80. The molecule has 0 aliphatic heterocycles. The molecule has 0 radical (unpaired) electrons. The number of nitrogens with zero attached hydrogens (tertiary/aromatic N) is 1. The van der Waals surface area contributed by atoms with E-state index in [0.29, 0.717) is 12.3 Å². The Kier molecular flexibility index (Phi) is 7.97. The summed E-state index contributed by atoms with van der Waals surface area (Å²) < 4.78 is 12.3. The zero-order valence-electron chi connectivity index (χ0n) is 15.3. The van der Waals surface area contributed by atoms with E-state index in [0.717, 1.165) is 11.1 Å². The number of para-hydroxylation sites is 1. The number of hydrogen-bond donors (Lipinski definition) is 0. The van der Waals surface area contributed by atoms with E-state index in [9.17, 15) is 4.57 Å². The summed E-state index contributed by atoms with van der Waals surface area (Å²) in [5, 5.41) is 0. The molecule has 0 unspecified atom stereocenters. The van der Waals surface area contributed by atoms with E-state index in [1.54, 1.807) is 0 Å². The van der Waals surface area contributed by atoms with Crippen molar-refractivity contribution in [2.24, 2.45) is 0 Å². The smallest absolute Gasteiger partial charge is 0.177 e. The van der Waals surface area contributed by atoms with Gasteiger partial charge in [-0.05, 0) is 23.3 Å². The lowest BCUT2D eigenvalue weighted by molar-refractivity contribution is 0.583. The third kappa shape index (κ3) is 7.47. The Labute approximate surface area is 161 Å². The molecule has 0 saturated heterocycles. The molecule has 0 spiro atoms. The van der Waals surface area contributed by atoms with Crippen molar-refractivity contribution in [1.82, 2.24) is 0 Å². The van der Waals surface area contributed by atoms with Gasteiger partial charge in [-0.15, -0.1) is 0 Å². The summed E-state index contributed by atoms with van der Waals surface area (Å²) in [5.74, 6) is 0. The van der Waals surface area contributed by atoms with Crippen molar-refractivity contribution in [3.8, 4) is 0 Å². The second-order valence-electron chi connectivity index (χ2n) is 6.31. The molecule has 3 aromatic carbocycles. The highest BCUT2D eigenvalue weighted by molar-refractivity contribution is 7.87. The molecule has 0 aliphatic rings. The molecule has 0 fully saturated rings. The fraction of sp³-hybridized carbons (Fsp3) is 0.182. The van der Waals surface area contributed by atoms with Gasteiger partial charge in [0.2, 0.25) is 0 Å². The van der Waals surface area contributed by atoms with Crippen LogP contribution in [0.1, 0.15) is 11.1 Å². The first kappa shape index (κ1) is 20.3. The van der Waals surface area contributed by atoms with Crippen LogP contribution in [0, 0.1) is 0 Å². The Morgan fingerprint density at radius 2 is 1.04 bits per heavy atom. The third-order valence-corrected chi connectivity index (χ3v) is 6.19. The number of hydrogen-bond acceptors (Lipinski definition) is 2. The highest BCUT2D eigenvalue weighted by atomic mass is 35.7. The van der Waals surface area contributed by atoms with Gasteiger partial charge in [-0.25, -0.2) is 0 Å². The van der Waals surface area contributed by atoms with Gasteiger partial charge in [-0.2, -0.15) is 0 Å². The molecule has 136 valence electrons. The van der Waals surface area contributed by atoms with Gasteiger partial charge in [0.25, 0.3) is 0 Å². The lowest BCUT2D eigenvalue weighted by Gasteiger charge is -2.10. The first-order chi connectivity index (χ1) is 12.5. The van der Waals surface area contributed by atoms with Gasteiger partial charge in [0.1, 0.15) is 0 Å². The number of rotatable bonds is 5. The summed E-state index contributed by atoms with van der Waals surface area (Å²) >= 11 is 6.16. The largest absolute Gasteiger partial charge is 0.378 e. The fourth-order valence-electron chi connectivity index (χ4n) is 2.49. The van der Waals surface area contributed by atoms with Crippen molar-refractivity contribution in [3.05, 3.63) is 102 Å². The molecule has 0 N–H and O–H groups in total. The molecule has 3 aromatic rings. The molecule has 0 atom stereocenters. The zero-order chi connectivity index (χ0) is 18.8. The second kappa shape index (κ2) is 10.2. The predicted molar refractivity (Wildman–Crippen MR) is 115 cm³/mol. The molecule has 0 amide bonds. The molecule has 0 bridgehead atoms. The summed E-state index contributed by atoms with van der Waals surface area (Å²) in [4.78, 5) is 2.08. The summed E-state index contributed by atoms with van der Waals surface area (Å²) in [7, 11) is 4.07. The summed E-state index contributed by atoms with van der Waals surface area (Å²) in [5.41, 5.74) is 3.31. The van der Waals surface area contributed by atoms with E-state index in [2.05, 4.69) is 17.0 Å². The van der Waals surface area contributed by atoms with E-state index < -0.39 is 6.49 Å². The molecule has 4 heteroatoms. The van der Waals surface area contributed by atoms with Crippen LogP contribution in [0.25, 0.3) is 0 Å². The molecule has 3 rings (SSSR count). The normalized spacial score (nSPS) is 10.6. The minimum Gasteiger partial charge on any atom is -0.378 e. The van der Waals surface area contributed by atoms with Crippen LogP contribution in [0.15, 0.2) is 91.0 Å². The van der Waals surface area contributed by atoms with E-state index in [-0.39, 0.29) is 0 Å². The Morgan fingerprint density at radius 3 is 1.35 bits per heavy atom. The molecule has 0 saturated carbocycles. The van der Waals surface area contributed by atoms with E-state index >= 15 is 0 Å². The van der Waals surface area contributed by atoms with Crippen LogP contribution < -0.4 is 4.90 Å². The van der Waals surface area contributed by atoms with Gasteiger partial charge in [0.05, 0.1) is 0 Å². The number of halogens is 1. The Balaban J connectivity index is 0.000000228. The van der Waals surface area contributed by atoms with Gasteiger partial charge >= 0.3 is 0 Å². The van der Waals surface area contributed by atoms with Gasteiger partial charge in [0, 0.05) is 32.1 Å². The topological polar surface area (TPSA) is 20.3 Å². The average Bonchev–Trinajstić information content (AvgIpc) is 2.64. The Hall–Kier alpha value is -2.02. The van der Waals surface area contributed by atoms with Crippen LogP contribution in [-0.2, 0) is 16.9 Å². The van der Waals surface area contributed by atoms with Crippen LogP contribution in [0.4, 0.5) is 5.69 Å². The first-order valence-electron chi connectivity index (χ1n) is 8.54. The van der Waals surface area contributed by atoms with Gasteiger partial charge in [-0.1, -0.05) is 90.1 Å². The van der Waals surface area contributed by atoms with Crippen LogP contribution in [0.3, 0.4) is 0 Å². The number of benzene rings is 3. The van der Waals surface area contributed by atoms with Gasteiger partial charge in [-0.3, -0.25) is 0 Å². The molecule has 0 aromatic heterocycles. The maximum absolute atomic E-state index is 12.3. The van der Waals surface area contributed by atoms with Crippen LogP contribution in [0.2, 0.25) is 0 Å². The lowest BCUT2D eigenvalue weighted by atomic mass is 10.2. The zero-order valence-corrected chi connectivity index (χ0v) is 16.9. The maximum Gasteiger partial charge on any atom is 0.177 e. The molecule has 2 nitrogen and oxygen atoms in total. The quantitative estimate of drug-likeness (QED) is 0.458. The minimum absolute atomic E-state index is 0.449. The van der Waals surface area contributed by atoms with Gasteiger partial charge in [0.15, 0.2) is 6.49 Å². The molecular weight excluding hydrogens is 361 g/mol. The fourth-order valence-corrected chi connectivity index (χ4v) is 4.95. The summed E-state index contributed by atoms with van der Waals surface area (Å²) in [6.07, 6.45) is 0.897. The van der Waals surface area contributed by atoms with Crippen molar-refractivity contribution in [2.75, 3.05) is 19.0 Å². The molecule has 0 aliphatic carbocycles. The van der Waals surface area contributed by atoms with Crippen molar-refractivity contribution in [3.63, 3.8) is 0 Å². The molecule has 26 heavy (non-hydrogen) atoms. The highest BCUT2D eigenvalue weighted by Gasteiger charge is 2.19. The van der Waals surface area contributed by atoms with E-state index in [1.807, 2.05) is 93.0 Å².